The van der Waals surface area contributed by atoms with Crippen molar-refractivity contribution in [1.29, 1.82) is 0 Å². The fourth-order valence-corrected chi connectivity index (χ4v) is 2.95. The summed E-state index contributed by atoms with van der Waals surface area (Å²) in [5.74, 6) is -0.594. The van der Waals surface area contributed by atoms with Crippen LogP contribution in [-0.2, 0) is 9.59 Å². The van der Waals surface area contributed by atoms with Gasteiger partial charge in [0, 0.05) is 19.5 Å². The molecule has 8 nitrogen and oxygen atoms in total. The lowest BCUT2D eigenvalue weighted by Gasteiger charge is -2.24. The maximum atomic E-state index is 12.7. The Morgan fingerprint density at radius 3 is 2.81 bits per heavy atom. The molecule has 1 aromatic carbocycles. The lowest BCUT2D eigenvalue weighted by molar-refractivity contribution is -0.137. The van der Waals surface area contributed by atoms with Crippen LogP contribution in [0.5, 0.6) is 5.75 Å². The van der Waals surface area contributed by atoms with Crippen LogP contribution in [-0.4, -0.2) is 54.2 Å². The summed E-state index contributed by atoms with van der Waals surface area (Å²) in [7, 11) is 1.53. The molecule has 26 heavy (non-hydrogen) atoms. The van der Waals surface area contributed by atoms with E-state index in [0.29, 0.717) is 30.8 Å². The maximum absolute atomic E-state index is 12.7. The second-order valence-electron chi connectivity index (χ2n) is 6.27. The van der Waals surface area contributed by atoms with Gasteiger partial charge in [0.1, 0.15) is 11.8 Å². The van der Waals surface area contributed by atoms with Crippen LogP contribution in [0.15, 0.2) is 18.2 Å². The van der Waals surface area contributed by atoms with Crippen molar-refractivity contribution in [2.24, 2.45) is 0 Å². The molecule has 8 heteroatoms. The Bertz CT molecular complexity index is 677. The number of carbonyl (C=O) groups excluding carboxylic acids is 2. The van der Waals surface area contributed by atoms with Gasteiger partial charge in [-0.2, -0.15) is 0 Å². The minimum Gasteiger partial charge on any atom is -0.495 e. The number of urea groups is 1. The van der Waals surface area contributed by atoms with E-state index in [-0.39, 0.29) is 24.9 Å². The highest BCUT2D eigenvalue weighted by molar-refractivity contribution is 5.98. The second-order valence-corrected chi connectivity index (χ2v) is 6.27. The van der Waals surface area contributed by atoms with E-state index in [9.17, 15) is 14.4 Å². The number of aliphatic carboxylic acids is 1. The van der Waals surface area contributed by atoms with Crippen molar-refractivity contribution in [3.63, 3.8) is 0 Å². The summed E-state index contributed by atoms with van der Waals surface area (Å²) in [5, 5.41) is 14.1. The fourth-order valence-electron chi connectivity index (χ4n) is 2.95. The first kappa shape index (κ1) is 19.6. The highest BCUT2D eigenvalue weighted by atomic mass is 16.5. The summed E-state index contributed by atoms with van der Waals surface area (Å²) < 4.78 is 5.27. The molecule has 1 fully saturated rings. The fraction of sp³-hybridized carbons (Fsp3) is 0.500. The van der Waals surface area contributed by atoms with Crippen molar-refractivity contribution in [1.82, 2.24) is 10.2 Å². The molecule has 1 aliphatic rings. The molecular formula is C18H25N3O5. The number of aryl methyl sites for hydroxylation is 1. The number of nitrogens with one attached hydrogen (secondary N) is 2. The Labute approximate surface area is 152 Å². The molecule has 0 aliphatic carbocycles. The molecule has 0 spiro atoms. The van der Waals surface area contributed by atoms with E-state index < -0.39 is 12.0 Å². The molecule has 0 bridgehead atoms. The molecule has 2 rings (SSSR count). The number of hydrogen-bond donors (Lipinski definition) is 3. The number of carbonyl (C=O) groups is 3. The predicted molar refractivity (Wildman–Crippen MR) is 96.4 cm³/mol. The first-order valence-electron chi connectivity index (χ1n) is 8.64. The number of rotatable bonds is 7. The average molecular weight is 363 g/mol. The van der Waals surface area contributed by atoms with E-state index in [1.165, 1.54) is 12.0 Å². The zero-order chi connectivity index (χ0) is 19.1. The summed E-state index contributed by atoms with van der Waals surface area (Å²) in [5.41, 5.74) is 1.56. The van der Waals surface area contributed by atoms with Gasteiger partial charge in [-0.3, -0.25) is 9.59 Å². The van der Waals surface area contributed by atoms with Crippen molar-refractivity contribution in [3.05, 3.63) is 23.8 Å². The molecule has 1 heterocycles. The summed E-state index contributed by atoms with van der Waals surface area (Å²) in [6.07, 6.45) is 1.68. The molecule has 3 N–H and O–H groups in total. The first-order chi connectivity index (χ1) is 12.4. The average Bonchev–Trinajstić information content (AvgIpc) is 3.08. The largest absolute Gasteiger partial charge is 0.495 e. The van der Waals surface area contributed by atoms with E-state index in [4.69, 9.17) is 9.84 Å². The molecule has 0 saturated carbocycles. The van der Waals surface area contributed by atoms with Crippen molar-refractivity contribution in [3.8, 4) is 5.75 Å². The third-order valence-corrected chi connectivity index (χ3v) is 4.27. The normalized spacial score (nSPS) is 16.2. The molecule has 142 valence electrons. The van der Waals surface area contributed by atoms with Gasteiger partial charge in [0.05, 0.1) is 12.8 Å². The zero-order valence-corrected chi connectivity index (χ0v) is 15.1. The topological polar surface area (TPSA) is 108 Å². The Kier molecular flexibility index (Phi) is 6.82. The standard InChI is InChI=1S/C18H25N3O5/c1-12-7-8-15(26-2)13(11-12)20-17(24)14-5-4-10-21(14)18(25)19-9-3-6-16(22)23/h7-8,11,14H,3-6,9-10H2,1-2H3,(H,19,25)(H,20,24)(H,22,23). The van der Waals surface area contributed by atoms with Crippen molar-refractivity contribution in [2.75, 3.05) is 25.5 Å². The van der Waals surface area contributed by atoms with E-state index in [1.54, 1.807) is 6.07 Å². The van der Waals surface area contributed by atoms with Gasteiger partial charge in [-0.05, 0) is 43.9 Å². The molecule has 3 amide bonds. The lowest BCUT2D eigenvalue weighted by Crippen LogP contribution is -2.48. The van der Waals surface area contributed by atoms with Gasteiger partial charge >= 0.3 is 12.0 Å². The molecule has 0 radical (unpaired) electrons. The summed E-state index contributed by atoms with van der Waals surface area (Å²) in [4.78, 5) is 37.0. The molecular weight excluding hydrogens is 338 g/mol. The highest BCUT2D eigenvalue weighted by Gasteiger charge is 2.34. The van der Waals surface area contributed by atoms with Crippen molar-refractivity contribution < 1.29 is 24.2 Å². The number of amides is 3. The number of carboxylic acid groups (broad SMARTS) is 1. The van der Waals surface area contributed by atoms with Crippen molar-refractivity contribution in [2.45, 2.75) is 38.6 Å². The van der Waals surface area contributed by atoms with Crippen LogP contribution in [0.2, 0.25) is 0 Å². The van der Waals surface area contributed by atoms with Gasteiger partial charge in [0.2, 0.25) is 5.91 Å². The van der Waals surface area contributed by atoms with Crippen LogP contribution in [0, 0.1) is 6.92 Å². The summed E-state index contributed by atoms with van der Waals surface area (Å²) in [6, 6.07) is 4.60. The monoisotopic (exact) mass is 363 g/mol. The third kappa shape index (κ3) is 5.11. The summed E-state index contributed by atoms with van der Waals surface area (Å²) >= 11 is 0. The molecule has 1 saturated heterocycles. The van der Waals surface area contributed by atoms with Gasteiger partial charge in [-0.15, -0.1) is 0 Å². The quantitative estimate of drug-likeness (QED) is 0.642. The molecule has 0 aromatic heterocycles. The van der Waals surface area contributed by atoms with E-state index in [1.807, 2.05) is 19.1 Å². The number of ether oxygens (including phenoxy) is 1. The Hall–Kier alpha value is -2.77. The van der Waals surface area contributed by atoms with Gasteiger partial charge < -0.3 is 25.4 Å². The van der Waals surface area contributed by atoms with Gasteiger partial charge in [-0.25, -0.2) is 4.79 Å². The number of benzene rings is 1. The predicted octanol–water partition coefficient (Wildman–Crippen LogP) is 1.98. The third-order valence-electron chi connectivity index (χ3n) is 4.27. The molecule has 1 unspecified atom stereocenters. The molecule has 1 aliphatic heterocycles. The van der Waals surface area contributed by atoms with Crippen LogP contribution >= 0.6 is 0 Å². The number of nitrogens with zero attached hydrogens (tertiary/aromatic N) is 1. The van der Waals surface area contributed by atoms with E-state index in [0.717, 1.165) is 12.0 Å². The Morgan fingerprint density at radius 2 is 2.12 bits per heavy atom. The number of likely N-dealkylation sites (tertiary alicyclic amines) is 1. The molecule has 1 aromatic rings. The van der Waals surface area contributed by atoms with Crippen molar-refractivity contribution >= 4 is 23.6 Å². The van der Waals surface area contributed by atoms with Crippen LogP contribution in [0.25, 0.3) is 0 Å². The van der Waals surface area contributed by atoms with Crippen LogP contribution in [0.4, 0.5) is 10.5 Å². The van der Waals surface area contributed by atoms with E-state index in [2.05, 4.69) is 10.6 Å². The molecule has 1 atom stereocenters. The second kappa shape index (κ2) is 9.07. The van der Waals surface area contributed by atoms with Crippen LogP contribution in [0.3, 0.4) is 0 Å². The Morgan fingerprint density at radius 1 is 1.35 bits per heavy atom. The number of hydrogen-bond acceptors (Lipinski definition) is 4. The van der Waals surface area contributed by atoms with Crippen LogP contribution < -0.4 is 15.4 Å². The maximum Gasteiger partial charge on any atom is 0.318 e. The van der Waals surface area contributed by atoms with E-state index >= 15 is 0 Å². The zero-order valence-electron chi connectivity index (χ0n) is 15.1. The van der Waals surface area contributed by atoms with Gasteiger partial charge in [-0.1, -0.05) is 6.07 Å². The SMILES string of the molecule is COc1ccc(C)cc1NC(=O)C1CCCN1C(=O)NCCCC(=O)O. The Balaban J connectivity index is 1.96. The lowest BCUT2D eigenvalue weighted by atomic mass is 10.1. The first-order valence-corrected chi connectivity index (χ1v) is 8.64. The number of anilines is 1. The van der Waals surface area contributed by atoms with Crippen LogP contribution in [0.1, 0.15) is 31.2 Å². The minimum atomic E-state index is -0.898. The van der Waals surface area contributed by atoms with Gasteiger partial charge in [0.25, 0.3) is 0 Å². The number of carboxylic acids is 1. The smallest absolute Gasteiger partial charge is 0.318 e. The summed E-state index contributed by atoms with van der Waals surface area (Å²) in [6.45, 7) is 2.68. The minimum absolute atomic E-state index is 0.00263. The van der Waals surface area contributed by atoms with Gasteiger partial charge in [0.15, 0.2) is 0 Å². The highest BCUT2D eigenvalue weighted by Crippen LogP contribution is 2.27. The number of methoxy groups -OCH3 is 1.